The molecule has 20 heteroatoms. The fraction of sp³-hybridized carbons (Fsp3) is 0.100. The summed E-state index contributed by atoms with van der Waals surface area (Å²) >= 11 is 6.40. The van der Waals surface area contributed by atoms with Crippen molar-refractivity contribution in [3.05, 3.63) is 100 Å². The van der Waals surface area contributed by atoms with Crippen LogP contribution in [0.15, 0.2) is 67.3 Å². The molecule has 0 saturated heterocycles. The molecule has 50 heavy (non-hydrogen) atoms. The maximum atomic E-state index is 13.0. The molecule has 2 aromatic carbocycles. The zero-order valence-corrected chi connectivity index (χ0v) is 26.3. The van der Waals surface area contributed by atoms with Crippen molar-refractivity contribution in [2.45, 2.75) is 6.42 Å². The van der Waals surface area contributed by atoms with Crippen LogP contribution in [-0.4, -0.2) is 92.7 Å². The molecule has 6 aromatic rings. The topological polar surface area (TPSA) is 251 Å². The number of hydrogen-bond acceptors (Lipinski definition) is 13. The van der Waals surface area contributed by atoms with Crippen molar-refractivity contribution in [1.29, 1.82) is 0 Å². The first-order valence-corrected chi connectivity index (χ1v) is 14.6. The minimum Gasteiger partial charge on any atom is -0.493 e. The van der Waals surface area contributed by atoms with Crippen molar-refractivity contribution in [2.24, 2.45) is 0 Å². The third kappa shape index (κ3) is 6.96. The molecule has 4 N–H and O–H groups in total. The molecule has 0 aliphatic carbocycles. The molecule has 19 nitrogen and oxygen atoms in total. The van der Waals surface area contributed by atoms with Gasteiger partial charge in [0.2, 0.25) is 0 Å². The molecule has 0 radical (unpaired) electrons. The van der Waals surface area contributed by atoms with Gasteiger partial charge in [-0.2, -0.15) is 0 Å². The second-order valence-corrected chi connectivity index (χ2v) is 10.6. The van der Waals surface area contributed by atoms with Crippen molar-refractivity contribution >= 4 is 52.4 Å². The van der Waals surface area contributed by atoms with E-state index in [4.69, 9.17) is 21.1 Å². The summed E-state index contributed by atoms with van der Waals surface area (Å²) in [5, 5.41) is 47.5. The second kappa shape index (κ2) is 14.0. The maximum absolute atomic E-state index is 13.0. The lowest BCUT2D eigenvalue weighted by Gasteiger charge is -2.16. The number of nitrogens with one attached hydrogen (secondary N) is 2. The van der Waals surface area contributed by atoms with Crippen molar-refractivity contribution < 1.29 is 38.9 Å². The van der Waals surface area contributed by atoms with Crippen LogP contribution in [-0.2, 0) is 6.42 Å². The molecule has 2 amide bonds. The summed E-state index contributed by atoms with van der Waals surface area (Å²) in [6.07, 6.45) is 4.81. The van der Waals surface area contributed by atoms with Gasteiger partial charge in [0.05, 0.1) is 36.2 Å². The first-order chi connectivity index (χ1) is 24.1. The first kappa shape index (κ1) is 32.9. The molecule has 0 unspecified atom stereocenters. The fourth-order valence-electron chi connectivity index (χ4n) is 4.60. The quantitative estimate of drug-likeness (QED) is 0.143. The molecular weight excluding hydrogens is 678 g/mol. The number of hydrogen-bond donors (Lipinski definition) is 4. The van der Waals surface area contributed by atoms with Crippen LogP contribution in [0.2, 0.25) is 5.02 Å². The number of aromatic nitrogens is 9. The highest BCUT2D eigenvalue weighted by Crippen LogP contribution is 2.35. The lowest BCUT2D eigenvalue weighted by molar-refractivity contribution is 0.0686. The lowest BCUT2D eigenvalue weighted by Crippen LogP contribution is -2.18. The third-order valence-corrected chi connectivity index (χ3v) is 7.38. The van der Waals surface area contributed by atoms with Gasteiger partial charge in [0.15, 0.2) is 34.4 Å². The van der Waals surface area contributed by atoms with Gasteiger partial charge in [0.25, 0.3) is 11.8 Å². The summed E-state index contributed by atoms with van der Waals surface area (Å²) in [6.45, 7) is -0.0750. The number of tetrazole rings is 1. The SMILES string of the molecule is COc1cc(C(=O)O)c(NC(=O)c2ccc(-n3ccnc3)nn2)cc1OCCc1cc(NC(=O)c2ccc3nnnn3n2)c(C(=O)O)cc1Cl. The van der Waals surface area contributed by atoms with E-state index in [1.807, 2.05) is 0 Å². The van der Waals surface area contributed by atoms with Crippen LogP contribution < -0.4 is 20.1 Å². The van der Waals surface area contributed by atoms with Crippen molar-refractivity contribution in [2.75, 3.05) is 24.4 Å². The van der Waals surface area contributed by atoms with Gasteiger partial charge in [-0.05, 0) is 52.4 Å². The average molecular weight is 700 g/mol. The Morgan fingerprint density at radius 1 is 0.860 bits per heavy atom. The van der Waals surface area contributed by atoms with E-state index in [1.54, 1.807) is 23.0 Å². The van der Waals surface area contributed by atoms with Gasteiger partial charge in [0.1, 0.15) is 6.33 Å². The number of carboxylic acids is 2. The average Bonchev–Trinajstić information content (AvgIpc) is 3.82. The summed E-state index contributed by atoms with van der Waals surface area (Å²) in [5.41, 5.74) is -0.191. The Bertz CT molecular complexity index is 2260. The molecule has 0 bridgehead atoms. The largest absolute Gasteiger partial charge is 0.493 e. The van der Waals surface area contributed by atoms with Crippen LogP contribution in [0.3, 0.4) is 0 Å². The van der Waals surface area contributed by atoms with Gasteiger partial charge in [-0.1, -0.05) is 11.6 Å². The number of halogens is 1. The molecule has 0 fully saturated rings. The number of nitrogens with zero attached hydrogens (tertiary/aromatic N) is 9. The van der Waals surface area contributed by atoms with E-state index in [0.717, 1.165) is 4.63 Å². The van der Waals surface area contributed by atoms with E-state index in [1.165, 1.54) is 55.9 Å². The molecule has 4 aromatic heterocycles. The Morgan fingerprint density at radius 2 is 1.58 bits per heavy atom. The smallest absolute Gasteiger partial charge is 0.337 e. The number of benzene rings is 2. The summed E-state index contributed by atoms with van der Waals surface area (Å²) in [4.78, 5) is 53.9. The highest BCUT2D eigenvalue weighted by atomic mass is 35.5. The molecule has 0 atom stereocenters. The molecule has 0 aliphatic rings. The van der Waals surface area contributed by atoms with Crippen LogP contribution in [0.5, 0.6) is 11.5 Å². The normalized spacial score (nSPS) is 10.8. The van der Waals surface area contributed by atoms with Crippen LogP contribution in [0.25, 0.3) is 11.5 Å². The third-order valence-electron chi connectivity index (χ3n) is 7.03. The number of anilines is 2. The van der Waals surface area contributed by atoms with Gasteiger partial charge >= 0.3 is 11.9 Å². The Kier molecular flexibility index (Phi) is 9.21. The number of fused-ring (bicyclic) bond motifs is 1. The van der Waals surface area contributed by atoms with E-state index in [2.05, 4.69) is 46.4 Å². The van der Waals surface area contributed by atoms with Crippen LogP contribution in [0.1, 0.15) is 47.3 Å². The van der Waals surface area contributed by atoms with Gasteiger partial charge in [0, 0.05) is 36.0 Å². The number of aromatic carboxylic acids is 2. The Balaban J connectivity index is 1.19. The van der Waals surface area contributed by atoms with Gasteiger partial charge in [-0.15, -0.1) is 25.0 Å². The van der Waals surface area contributed by atoms with E-state index < -0.39 is 23.8 Å². The highest BCUT2D eigenvalue weighted by molar-refractivity contribution is 6.32. The number of amides is 2. The minimum absolute atomic E-state index is 0.0530. The number of ether oxygens (including phenoxy) is 2. The summed E-state index contributed by atoms with van der Waals surface area (Å²) in [5.74, 6) is -3.61. The molecule has 4 heterocycles. The van der Waals surface area contributed by atoms with E-state index in [0.29, 0.717) is 17.0 Å². The van der Waals surface area contributed by atoms with Crippen LogP contribution in [0, 0.1) is 0 Å². The van der Waals surface area contributed by atoms with Crippen molar-refractivity contribution in [1.82, 2.24) is 45.0 Å². The predicted molar refractivity (Wildman–Crippen MR) is 171 cm³/mol. The van der Waals surface area contributed by atoms with Gasteiger partial charge < -0.3 is 30.3 Å². The predicted octanol–water partition coefficient (Wildman–Crippen LogP) is 2.68. The van der Waals surface area contributed by atoms with Crippen LogP contribution in [0.4, 0.5) is 11.4 Å². The molecule has 0 saturated carbocycles. The second-order valence-electron chi connectivity index (χ2n) is 10.1. The number of carbonyl (C=O) groups is 4. The highest BCUT2D eigenvalue weighted by Gasteiger charge is 2.21. The first-order valence-electron chi connectivity index (χ1n) is 14.2. The van der Waals surface area contributed by atoms with E-state index in [-0.39, 0.29) is 63.4 Å². The molecule has 252 valence electrons. The molecular formula is C30H22ClN11O8. The standard InChI is InChI=1S/C30H22ClN11O8/c1-49-23-12-17(30(47)48)22(34-27(43)19-2-4-25(36-35-19)41-8-7-32-14-41)13-24(23)50-9-6-15-10-21(16(29(45)46)11-18(15)31)33-28(44)20-3-5-26-37-39-40-42(26)38-20/h2-5,7-8,10-14H,6,9H2,1H3,(H,33,44)(H,34,43)(H,45,46)(H,47,48). The molecule has 0 aliphatic heterocycles. The summed E-state index contributed by atoms with van der Waals surface area (Å²) in [6, 6.07) is 10.8. The summed E-state index contributed by atoms with van der Waals surface area (Å²) < 4.78 is 13.9. The van der Waals surface area contributed by atoms with Crippen molar-refractivity contribution in [3.63, 3.8) is 0 Å². The zero-order valence-electron chi connectivity index (χ0n) is 25.5. The number of imidazole rings is 1. The molecule has 0 spiro atoms. The Labute approximate surface area is 284 Å². The minimum atomic E-state index is -1.35. The van der Waals surface area contributed by atoms with Crippen molar-refractivity contribution in [3.8, 4) is 17.3 Å². The zero-order chi connectivity index (χ0) is 35.4. The Hall–Kier alpha value is -7.02. The maximum Gasteiger partial charge on any atom is 0.337 e. The summed E-state index contributed by atoms with van der Waals surface area (Å²) in [7, 11) is 1.31. The van der Waals surface area contributed by atoms with E-state index in [9.17, 15) is 29.4 Å². The number of methoxy groups -OCH3 is 1. The number of carbonyl (C=O) groups excluding carboxylic acids is 2. The number of rotatable bonds is 12. The van der Waals surface area contributed by atoms with Crippen LogP contribution >= 0.6 is 11.6 Å². The van der Waals surface area contributed by atoms with Gasteiger partial charge in [-0.25, -0.2) is 14.6 Å². The lowest BCUT2D eigenvalue weighted by atomic mass is 10.1. The number of carboxylic acid groups (broad SMARTS) is 2. The Morgan fingerprint density at radius 3 is 2.26 bits per heavy atom. The monoisotopic (exact) mass is 699 g/mol. The van der Waals surface area contributed by atoms with E-state index >= 15 is 0 Å². The molecule has 6 rings (SSSR count). The van der Waals surface area contributed by atoms with Gasteiger partial charge in [-0.3, -0.25) is 14.2 Å². The fourth-order valence-corrected chi connectivity index (χ4v) is 4.85.